The summed E-state index contributed by atoms with van der Waals surface area (Å²) in [6.45, 7) is 0.142. The second-order valence-electron chi connectivity index (χ2n) is 5.47. The number of carbonyl (C=O) groups is 2. The molecule has 0 unspecified atom stereocenters. The molecule has 122 valence electrons. The van der Waals surface area contributed by atoms with Crippen molar-refractivity contribution < 1.29 is 14.3 Å². The van der Waals surface area contributed by atoms with Crippen LogP contribution in [0.3, 0.4) is 0 Å². The largest absolute Gasteiger partial charge is 0.465 e. The standard InChI is InChI=1S/C19H18N2O3/c1-20(14-8-4-3-5-9-14)18(22)13-21-12-16(19(23)24-2)15-10-6-7-11-17(15)21/h3-12H,13H2,1-2H3. The molecule has 0 fully saturated rings. The van der Waals surface area contributed by atoms with Gasteiger partial charge in [-0.3, -0.25) is 4.79 Å². The minimum atomic E-state index is -0.409. The summed E-state index contributed by atoms with van der Waals surface area (Å²) in [5.41, 5.74) is 2.11. The van der Waals surface area contributed by atoms with E-state index in [0.29, 0.717) is 5.56 Å². The van der Waals surface area contributed by atoms with Crippen molar-refractivity contribution in [2.75, 3.05) is 19.1 Å². The van der Waals surface area contributed by atoms with Gasteiger partial charge in [-0.25, -0.2) is 4.79 Å². The average molecular weight is 322 g/mol. The van der Waals surface area contributed by atoms with E-state index < -0.39 is 5.97 Å². The minimum Gasteiger partial charge on any atom is -0.465 e. The fourth-order valence-corrected chi connectivity index (χ4v) is 2.70. The van der Waals surface area contributed by atoms with E-state index in [9.17, 15) is 9.59 Å². The van der Waals surface area contributed by atoms with Crippen LogP contribution in [-0.2, 0) is 16.1 Å². The molecule has 0 N–H and O–H groups in total. The van der Waals surface area contributed by atoms with E-state index in [1.165, 1.54) is 7.11 Å². The van der Waals surface area contributed by atoms with E-state index in [2.05, 4.69) is 0 Å². The Morgan fingerprint density at radius 2 is 1.71 bits per heavy atom. The monoisotopic (exact) mass is 322 g/mol. The summed E-state index contributed by atoms with van der Waals surface area (Å²) in [6.07, 6.45) is 1.67. The molecule has 5 heteroatoms. The highest BCUT2D eigenvalue weighted by Crippen LogP contribution is 2.22. The molecule has 3 rings (SSSR count). The normalized spacial score (nSPS) is 10.6. The van der Waals surface area contributed by atoms with E-state index in [0.717, 1.165) is 16.6 Å². The molecular formula is C19H18N2O3. The zero-order chi connectivity index (χ0) is 17.1. The lowest BCUT2D eigenvalue weighted by molar-refractivity contribution is -0.118. The van der Waals surface area contributed by atoms with Gasteiger partial charge in [0.15, 0.2) is 0 Å². The van der Waals surface area contributed by atoms with Crippen molar-refractivity contribution in [1.82, 2.24) is 4.57 Å². The molecule has 0 aliphatic heterocycles. The average Bonchev–Trinajstić information content (AvgIpc) is 3.00. The Morgan fingerprint density at radius 1 is 1.04 bits per heavy atom. The maximum Gasteiger partial charge on any atom is 0.340 e. The number of anilines is 1. The number of carbonyl (C=O) groups excluding carboxylic acids is 2. The number of para-hydroxylation sites is 2. The SMILES string of the molecule is COC(=O)c1cn(CC(=O)N(C)c2ccccc2)c2ccccc12. The van der Waals surface area contributed by atoms with E-state index in [4.69, 9.17) is 4.74 Å². The predicted octanol–water partition coefficient (Wildman–Crippen LogP) is 3.09. The highest BCUT2D eigenvalue weighted by atomic mass is 16.5. The first kappa shape index (κ1) is 15.8. The van der Waals surface area contributed by atoms with Crippen molar-refractivity contribution in [2.24, 2.45) is 0 Å². The first-order valence-electron chi connectivity index (χ1n) is 7.59. The first-order valence-corrected chi connectivity index (χ1v) is 7.59. The van der Waals surface area contributed by atoms with Crippen LogP contribution in [0.4, 0.5) is 5.69 Å². The molecule has 0 spiro atoms. The zero-order valence-electron chi connectivity index (χ0n) is 13.6. The Morgan fingerprint density at radius 3 is 2.42 bits per heavy atom. The van der Waals surface area contributed by atoms with Crippen LogP contribution < -0.4 is 4.90 Å². The van der Waals surface area contributed by atoms with Crippen LogP contribution in [0.5, 0.6) is 0 Å². The molecule has 1 aromatic heterocycles. The summed E-state index contributed by atoms with van der Waals surface area (Å²) in [5, 5.41) is 0.777. The van der Waals surface area contributed by atoms with Gasteiger partial charge in [0.1, 0.15) is 6.54 Å². The Balaban J connectivity index is 1.93. The molecule has 1 amide bonds. The third-order valence-corrected chi connectivity index (χ3v) is 4.02. The van der Waals surface area contributed by atoms with Crippen LogP contribution >= 0.6 is 0 Å². The number of rotatable bonds is 4. The topological polar surface area (TPSA) is 51.5 Å². The lowest BCUT2D eigenvalue weighted by atomic mass is 10.2. The second-order valence-corrected chi connectivity index (χ2v) is 5.47. The molecule has 3 aromatic rings. The summed E-state index contributed by atoms with van der Waals surface area (Å²) < 4.78 is 6.61. The highest BCUT2D eigenvalue weighted by molar-refractivity contribution is 6.05. The van der Waals surface area contributed by atoms with Crippen LogP contribution in [0.1, 0.15) is 10.4 Å². The lowest BCUT2D eigenvalue weighted by Gasteiger charge is -2.18. The van der Waals surface area contributed by atoms with Crippen LogP contribution in [0, 0.1) is 0 Å². The van der Waals surface area contributed by atoms with Crippen LogP contribution in [0.15, 0.2) is 60.8 Å². The quantitative estimate of drug-likeness (QED) is 0.694. The fraction of sp³-hybridized carbons (Fsp3) is 0.158. The van der Waals surface area contributed by atoms with Gasteiger partial charge in [-0.2, -0.15) is 0 Å². The van der Waals surface area contributed by atoms with Crippen LogP contribution in [0.25, 0.3) is 10.9 Å². The molecule has 5 nitrogen and oxygen atoms in total. The minimum absolute atomic E-state index is 0.0710. The van der Waals surface area contributed by atoms with Gasteiger partial charge in [0.2, 0.25) is 5.91 Å². The Bertz CT molecular complexity index is 884. The summed E-state index contributed by atoms with van der Waals surface area (Å²) in [6, 6.07) is 16.9. The molecule has 0 saturated carbocycles. The number of methoxy groups -OCH3 is 1. The van der Waals surface area contributed by atoms with Gasteiger partial charge >= 0.3 is 5.97 Å². The van der Waals surface area contributed by atoms with Gasteiger partial charge in [-0.1, -0.05) is 36.4 Å². The van der Waals surface area contributed by atoms with Gasteiger partial charge in [0, 0.05) is 29.8 Å². The van der Waals surface area contributed by atoms with E-state index in [1.807, 2.05) is 54.6 Å². The molecule has 0 aliphatic carbocycles. The molecule has 1 heterocycles. The lowest BCUT2D eigenvalue weighted by Crippen LogP contribution is -2.29. The van der Waals surface area contributed by atoms with E-state index in [1.54, 1.807) is 22.7 Å². The van der Waals surface area contributed by atoms with Gasteiger partial charge in [0.05, 0.1) is 12.7 Å². The number of fused-ring (bicyclic) bond motifs is 1. The molecule has 0 atom stereocenters. The van der Waals surface area contributed by atoms with Crippen molar-refractivity contribution in [1.29, 1.82) is 0 Å². The molecule has 0 saturated heterocycles. The van der Waals surface area contributed by atoms with Crippen molar-refractivity contribution in [3.63, 3.8) is 0 Å². The molecule has 2 aromatic carbocycles. The van der Waals surface area contributed by atoms with Crippen LogP contribution in [0.2, 0.25) is 0 Å². The maximum atomic E-state index is 12.6. The number of amides is 1. The Kier molecular flexibility index (Phi) is 4.33. The third-order valence-electron chi connectivity index (χ3n) is 4.02. The van der Waals surface area contributed by atoms with Crippen molar-refractivity contribution in [2.45, 2.75) is 6.54 Å². The number of aromatic nitrogens is 1. The number of esters is 1. The molecule has 0 aliphatic rings. The molecular weight excluding hydrogens is 304 g/mol. The number of nitrogens with zero attached hydrogens (tertiary/aromatic N) is 2. The smallest absolute Gasteiger partial charge is 0.340 e. The van der Waals surface area contributed by atoms with Crippen molar-refractivity contribution in [3.05, 3.63) is 66.4 Å². The zero-order valence-corrected chi connectivity index (χ0v) is 13.6. The maximum absolute atomic E-state index is 12.6. The third kappa shape index (κ3) is 2.88. The van der Waals surface area contributed by atoms with E-state index >= 15 is 0 Å². The summed E-state index contributed by atoms with van der Waals surface area (Å²) >= 11 is 0. The number of ether oxygens (including phenoxy) is 1. The van der Waals surface area contributed by atoms with Crippen molar-refractivity contribution >= 4 is 28.5 Å². The summed E-state index contributed by atoms with van der Waals surface area (Å²) in [4.78, 5) is 26.1. The molecule has 0 bridgehead atoms. The number of hydrogen-bond acceptors (Lipinski definition) is 3. The number of benzene rings is 2. The molecule has 0 radical (unpaired) electrons. The van der Waals surface area contributed by atoms with Gasteiger partial charge in [0.25, 0.3) is 0 Å². The van der Waals surface area contributed by atoms with Gasteiger partial charge < -0.3 is 14.2 Å². The number of hydrogen-bond donors (Lipinski definition) is 0. The molecule has 24 heavy (non-hydrogen) atoms. The van der Waals surface area contributed by atoms with E-state index in [-0.39, 0.29) is 12.5 Å². The fourth-order valence-electron chi connectivity index (χ4n) is 2.70. The second kappa shape index (κ2) is 6.58. The Labute approximate surface area is 140 Å². The van der Waals surface area contributed by atoms with Gasteiger partial charge in [-0.15, -0.1) is 0 Å². The van der Waals surface area contributed by atoms with Gasteiger partial charge in [-0.05, 0) is 18.2 Å². The summed E-state index contributed by atoms with van der Waals surface area (Å²) in [7, 11) is 3.09. The number of likely N-dealkylation sites (N-methyl/N-ethyl adjacent to an activating group) is 1. The summed E-state index contributed by atoms with van der Waals surface area (Å²) in [5.74, 6) is -0.479. The first-order chi connectivity index (χ1) is 11.6. The Hall–Kier alpha value is -3.08. The highest BCUT2D eigenvalue weighted by Gasteiger charge is 2.18. The van der Waals surface area contributed by atoms with Crippen molar-refractivity contribution in [3.8, 4) is 0 Å². The van der Waals surface area contributed by atoms with Crippen LogP contribution in [-0.4, -0.2) is 30.6 Å². The predicted molar refractivity (Wildman–Crippen MR) is 93.1 cm³/mol.